The van der Waals surface area contributed by atoms with Crippen molar-refractivity contribution in [3.05, 3.63) is 40.1 Å². The van der Waals surface area contributed by atoms with Crippen LogP contribution in [0.3, 0.4) is 0 Å². The molecule has 2 rings (SSSR count). The third-order valence-electron chi connectivity index (χ3n) is 2.58. The molecule has 0 bridgehead atoms. The Hall–Kier alpha value is -3.10. The molecule has 0 amide bonds. The number of aromatic nitrogens is 2. The molecule has 0 saturated carbocycles. The number of nitrogens with zero attached hydrogens (tertiary/aromatic N) is 3. The molecule has 0 aliphatic heterocycles. The largest absolute Gasteiger partial charge is 0.494 e. The lowest BCUT2D eigenvalue weighted by atomic mass is 10.3. The lowest BCUT2D eigenvalue weighted by Crippen LogP contribution is -1.98. The summed E-state index contributed by atoms with van der Waals surface area (Å²) in [6, 6.07) is 6.99. The van der Waals surface area contributed by atoms with Gasteiger partial charge in [-0.15, -0.1) is 5.10 Å². The minimum absolute atomic E-state index is 0.0825. The maximum Gasteiger partial charge on any atom is 0.339 e. The van der Waals surface area contributed by atoms with E-state index in [0.717, 1.165) is 12.0 Å². The number of nitrogens with one attached hydrogen (secondary N) is 2. The van der Waals surface area contributed by atoms with Gasteiger partial charge in [0.15, 0.2) is 5.69 Å². The third-order valence-corrected chi connectivity index (χ3v) is 2.58. The van der Waals surface area contributed by atoms with E-state index < -0.39 is 4.92 Å². The van der Waals surface area contributed by atoms with E-state index in [9.17, 15) is 10.1 Å². The molecule has 0 fully saturated rings. The van der Waals surface area contributed by atoms with E-state index in [1.165, 1.54) is 0 Å². The summed E-state index contributed by atoms with van der Waals surface area (Å²) in [4.78, 5) is 10.5. The molecule has 0 aliphatic carbocycles. The Kier molecular flexibility index (Phi) is 4.34. The predicted octanol–water partition coefficient (Wildman–Crippen LogP) is 1.75. The Labute approximate surface area is 120 Å². The number of ether oxygens (including phenoxy) is 1. The third kappa shape index (κ3) is 3.26. The molecule has 9 nitrogen and oxygen atoms in total. The molecule has 0 spiro atoms. The second-order valence-corrected chi connectivity index (χ2v) is 3.95. The number of aromatic amines is 1. The molecule has 0 aliphatic rings. The number of nitro groups is 1. The summed E-state index contributed by atoms with van der Waals surface area (Å²) in [5.41, 5.74) is 0.540. The number of benzene rings is 1. The van der Waals surface area contributed by atoms with Gasteiger partial charge in [-0.2, -0.15) is 5.10 Å². The van der Waals surface area contributed by atoms with Gasteiger partial charge in [0, 0.05) is 5.69 Å². The summed E-state index contributed by atoms with van der Waals surface area (Å²) in [6.07, 6.45) is 1.13. The van der Waals surface area contributed by atoms with Crippen LogP contribution < -0.4 is 15.9 Å². The minimum atomic E-state index is -0.558. The fourth-order valence-corrected chi connectivity index (χ4v) is 1.72. The monoisotopic (exact) mass is 290 g/mol. The van der Waals surface area contributed by atoms with Crippen molar-refractivity contribution < 1.29 is 9.66 Å². The van der Waals surface area contributed by atoms with Crippen LogP contribution in [0.2, 0.25) is 0 Å². The van der Waals surface area contributed by atoms with E-state index in [2.05, 4.69) is 20.6 Å². The molecule has 4 N–H and O–H groups in total. The molecule has 21 heavy (non-hydrogen) atoms. The number of anilines is 2. The Balaban J connectivity index is 2.24. The number of nitrogens with two attached hydrogens (primary N) is 1. The number of hydrazone groups is 1. The quantitative estimate of drug-likeness (QED) is 0.321. The average molecular weight is 290 g/mol. The van der Waals surface area contributed by atoms with Crippen LogP contribution in [-0.2, 0) is 0 Å². The van der Waals surface area contributed by atoms with Crippen LogP contribution in [0.1, 0.15) is 12.6 Å². The van der Waals surface area contributed by atoms with Gasteiger partial charge in [-0.3, -0.25) is 15.2 Å². The standard InChI is InChI=1S/C12H14N6O3/c1-2-21-9-5-3-8(4-6-9)15-12-11(18(19)20)10(7-14-13)16-17-12/h3-7H,2,13H2,1H3,(H2,15,16,17)/b14-7+. The van der Waals surface area contributed by atoms with E-state index >= 15 is 0 Å². The second kappa shape index (κ2) is 6.37. The normalized spacial score (nSPS) is 10.7. The van der Waals surface area contributed by atoms with Gasteiger partial charge in [-0.05, 0) is 31.2 Å². The highest BCUT2D eigenvalue weighted by Gasteiger charge is 2.23. The van der Waals surface area contributed by atoms with Crippen LogP contribution in [0.4, 0.5) is 17.2 Å². The maximum absolute atomic E-state index is 11.1. The fraction of sp³-hybridized carbons (Fsp3) is 0.167. The molecule has 110 valence electrons. The van der Waals surface area contributed by atoms with Crippen molar-refractivity contribution >= 4 is 23.4 Å². The Bertz CT molecular complexity index is 650. The Morgan fingerprint density at radius 2 is 2.24 bits per heavy atom. The highest BCUT2D eigenvalue weighted by Crippen LogP contribution is 2.28. The van der Waals surface area contributed by atoms with Gasteiger partial charge in [-0.1, -0.05) is 0 Å². The molecule has 2 aromatic rings. The smallest absolute Gasteiger partial charge is 0.339 e. The van der Waals surface area contributed by atoms with Crippen molar-refractivity contribution in [2.24, 2.45) is 10.9 Å². The van der Waals surface area contributed by atoms with Crippen LogP contribution in [0.25, 0.3) is 0 Å². The molecule has 9 heteroatoms. The van der Waals surface area contributed by atoms with Gasteiger partial charge in [0.25, 0.3) is 0 Å². The second-order valence-electron chi connectivity index (χ2n) is 3.95. The molecular weight excluding hydrogens is 276 g/mol. The van der Waals surface area contributed by atoms with Crippen LogP contribution >= 0.6 is 0 Å². The van der Waals surface area contributed by atoms with Gasteiger partial charge in [0.05, 0.1) is 17.7 Å². The van der Waals surface area contributed by atoms with Crippen LogP contribution in [0.15, 0.2) is 29.4 Å². The van der Waals surface area contributed by atoms with E-state index in [0.29, 0.717) is 12.3 Å². The lowest BCUT2D eigenvalue weighted by molar-refractivity contribution is -0.384. The van der Waals surface area contributed by atoms with Crippen molar-refractivity contribution in [2.45, 2.75) is 6.92 Å². The van der Waals surface area contributed by atoms with Crippen molar-refractivity contribution in [3.8, 4) is 5.75 Å². The molecule has 0 unspecified atom stereocenters. The fourth-order valence-electron chi connectivity index (χ4n) is 1.72. The summed E-state index contributed by atoms with van der Waals surface area (Å²) < 4.78 is 5.32. The van der Waals surface area contributed by atoms with E-state index in [4.69, 9.17) is 10.6 Å². The number of H-pyrrole nitrogens is 1. The summed E-state index contributed by atoms with van der Waals surface area (Å²) in [7, 11) is 0. The Morgan fingerprint density at radius 3 is 2.81 bits per heavy atom. The van der Waals surface area contributed by atoms with E-state index in [1.54, 1.807) is 24.3 Å². The first-order valence-corrected chi connectivity index (χ1v) is 6.11. The minimum Gasteiger partial charge on any atom is -0.494 e. The van der Waals surface area contributed by atoms with Gasteiger partial charge < -0.3 is 15.9 Å². The number of hydrogen-bond acceptors (Lipinski definition) is 7. The highest BCUT2D eigenvalue weighted by molar-refractivity contribution is 5.87. The first kappa shape index (κ1) is 14.3. The van der Waals surface area contributed by atoms with Gasteiger partial charge >= 0.3 is 5.69 Å². The van der Waals surface area contributed by atoms with E-state index in [-0.39, 0.29) is 17.2 Å². The van der Waals surface area contributed by atoms with Crippen molar-refractivity contribution in [3.63, 3.8) is 0 Å². The first-order valence-electron chi connectivity index (χ1n) is 6.11. The van der Waals surface area contributed by atoms with Gasteiger partial charge in [0.1, 0.15) is 5.75 Å². The summed E-state index contributed by atoms with van der Waals surface area (Å²) in [6.45, 7) is 2.46. The zero-order valence-electron chi connectivity index (χ0n) is 11.2. The molecule has 1 aromatic carbocycles. The highest BCUT2D eigenvalue weighted by atomic mass is 16.6. The molecular formula is C12H14N6O3. The average Bonchev–Trinajstić information content (AvgIpc) is 2.84. The van der Waals surface area contributed by atoms with Gasteiger partial charge in [0.2, 0.25) is 5.82 Å². The maximum atomic E-state index is 11.1. The SMILES string of the molecule is CCOc1ccc(Nc2n[nH]c(/C=N/N)c2[N+](=O)[O-])cc1. The summed E-state index contributed by atoms with van der Waals surface area (Å²) in [5.74, 6) is 5.80. The van der Waals surface area contributed by atoms with Crippen molar-refractivity contribution in [1.29, 1.82) is 0 Å². The molecule has 0 radical (unpaired) electrons. The van der Waals surface area contributed by atoms with Gasteiger partial charge in [-0.25, -0.2) is 0 Å². The molecule has 1 heterocycles. The van der Waals surface area contributed by atoms with Crippen LogP contribution in [0.5, 0.6) is 5.75 Å². The first-order chi connectivity index (χ1) is 10.2. The summed E-state index contributed by atoms with van der Waals surface area (Å²) >= 11 is 0. The zero-order valence-corrected chi connectivity index (χ0v) is 11.2. The molecule has 1 aromatic heterocycles. The number of rotatable bonds is 6. The Morgan fingerprint density at radius 1 is 1.52 bits per heavy atom. The lowest BCUT2D eigenvalue weighted by Gasteiger charge is -2.05. The van der Waals surface area contributed by atoms with Crippen molar-refractivity contribution in [1.82, 2.24) is 10.2 Å². The van der Waals surface area contributed by atoms with E-state index in [1.807, 2.05) is 6.92 Å². The molecule has 0 atom stereocenters. The summed E-state index contributed by atoms with van der Waals surface area (Å²) in [5, 5.41) is 23.6. The van der Waals surface area contributed by atoms with Crippen LogP contribution in [-0.4, -0.2) is 27.9 Å². The van der Waals surface area contributed by atoms with Crippen LogP contribution in [0, 0.1) is 10.1 Å². The molecule has 0 saturated heterocycles. The van der Waals surface area contributed by atoms with Crippen molar-refractivity contribution in [2.75, 3.05) is 11.9 Å². The number of hydrogen-bond donors (Lipinski definition) is 3. The predicted molar refractivity (Wildman–Crippen MR) is 77.9 cm³/mol. The topological polar surface area (TPSA) is 131 Å². The zero-order chi connectivity index (χ0) is 15.2.